The maximum Gasteiger partial charge on any atom is 0.304 e. The van der Waals surface area contributed by atoms with E-state index in [0.717, 1.165) is 25.0 Å². The fraction of sp³-hybridized carbons (Fsp3) is 0.385. The number of halogens is 1. The van der Waals surface area contributed by atoms with E-state index in [0.29, 0.717) is 0 Å². The summed E-state index contributed by atoms with van der Waals surface area (Å²) in [5.41, 5.74) is -0.393. The standard InChI is InChI=1S/C13H12FN3O4/c14-9-5-7(1-4-11(9)17(20)21)15-10-6-12(18)16(13(10)19)8-2-3-8/h1,4-5,8,10,15H,2-3,6H2. The predicted molar refractivity (Wildman–Crippen MR) is 70.0 cm³/mol. The van der Waals surface area contributed by atoms with Gasteiger partial charge in [0.2, 0.25) is 11.7 Å². The van der Waals surface area contributed by atoms with Crippen LogP contribution < -0.4 is 5.32 Å². The topological polar surface area (TPSA) is 92.5 Å². The van der Waals surface area contributed by atoms with Gasteiger partial charge in [-0.25, -0.2) is 0 Å². The molecule has 8 heteroatoms. The number of nitrogens with one attached hydrogen (secondary N) is 1. The van der Waals surface area contributed by atoms with Crippen LogP contribution in [0.4, 0.5) is 15.8 Å². The van der Waals surface area contributed by atoms with Crippen LogP contribution in [0.2, 0.25) is 0 Å². The second kappa shape index (κ2) is 4.80. The average molecular weight is 293 g/mol. The van der Waals surface area contributed by atoms with Gasteiger partial charge in [0.25, 0.3) is 5.91 Å². The van der Waals surface area contributed by atoms with E-state index in [1.54, 1.807) is 0 Å². The van der Waals surface area contributed by atoms with Gasteiger partial charge < -0.3 is 5.32 Å². The second-order valence-corrected chi connectivity index (χ2v) is 5.16. The second-order valence-electron chi connectivity index (χ2n) is 5.16. The van der Waals surface area contributed by atoms with Gasteiger partial charge in [-0.3, -0.25) is 24.6 Å². The molecule has 1 aliphatic carbocycles. The first-order valence-electron chi connectivity index (χ1n) is 6.54. The van der Waals surface area contributed by atoms with Crippen LogP contribution in [0.5, 0.6) is 0 Å². The van der Waals surface area contributed by atoms with E-state index < -0.39 is 22.5 Å². The van der Waals surface area contributed by atoms with Crippen LogP contribution in [-0.2, 0) is 9.59 Å². The molecule has 7 nitrogen and oxygen atoms in total. The van der Waals surface area contributed by atoms with Crippen molar-refractivity contribution < 1.29 is 18.9 Å². The highest BCUT2D eigenvalue weighted by atomic mass is 19.1. The van der Waals surface area contributed by atoms with Gasteiger partial charge in [0.1, 0.15) is 6.04 Å². The number of likely N-dealkylation sites (tertiary alicyclic amines) is 1. The maximum absolute atomic E-state index is 13.5. The van der Waals surface area contributed by atoms with E-state index in [1.807, 2.05) is 0 Å². The monoisotopic (exact) mass is 293 g/mol. The number of rotatable bonds is 4. The lowest BCUT2D eigenvalue weighted by atomic mass is 10.2. The van der Waals surface area contributed by atoms with Crippen molar-refractivity contribution in [2.75, 3.05) is 5.32 Å². The normalized spacial score (nSPS) is 21.8. The minimum atomic E-state index is -0.985. The molecule has 110 valence electrons. The largest absolute Gasteiger partial charge is 0.373 e. The molecule has 1 aromatic carbocycles. The Labute approximate surface area is 118 Å². The molecule has 3 rings (SSSR count). The van der Waals surface area contributed by atoms with Crippen molar-refractivity contribution in [3.05, 3.63) is 34.1 Å². The fourth-order valence-corrected chi connectivity index (χ4v) is 2.43. The van der Waals surface area contributed by atoms with Gasteiger partial charge >= 0.3 is 5.69 Å². The lowest BCUT2D eigenvalue weighted by molar-refractivity contribution is -0.387. The quantitative estimate of drug-likeness (QED) is 0.515. The summed E-state index contributed by atoms with van der Waals surface area (Å²) in [5, 5.41) is 13.3. The van der Waals surface area contributed by atoms with Crippen LogP contribution in [-0.4, -0.2) is 33.7 Å². The van der Waals surface area contributed by atoms with E-state index >= 15 is 0 Å². The van der Waals surface area contributed by atoms with Crippen molar-refractivity contribution in [1.29, 1.82) is 0 Å². The fourth-order valence-electron chi connectivity index (χ4n) is 2.43. The molecule has 1 unspecified atom stereocenters. The molecule has 2 amide bonds. The van der Waals surface area contributed by atoms with Crippen molar-refractivity contribution in [2.45, 2.75) is 31.3 Å². The Bertz CT molecular complexity index is 644. The van der Waals surface area contributed by atoms with E-state index in [-0.39, 0.29) is 30.0 Å². The van der Waals surface area contributed by atoms with Gasteiger partial charge in [-0.2, -0.15) is 4.39 Å². The van der Waals surface area contributed by atoms with Crippen LogP contribution in [0.3, 0.4) is 0 Å². The molecule has 1 N–H and O–H groups in total. The van der Waals surface area contributed by atoms with Crippen LogP contribution in [0.1, 0.15) is 19.3 Å². The van der Waals surface area contributed by atoms with Crippen LogP contribution >= 0.6 is 0 Å². The Morgan fingerprint density at radius 3 is 2.62 bits per heavy atom. The number of amides is 2. The van der Waals surface area contributed by atoms with Gasteiger partial charge in [0, 0.05) is 23.9 Å². The third-order valence-corrected chi connectivity index (χ3v) is 3.58. The molecule has 0 radical (unpaired) electrons. The molecular weight excluding hydrogens is 281 g/mol. The molecule has 0 aromatic heterocycles. The molecule has 1 heterocycles. The lowest BCUT2D eigenvalue weighted by Crippen LogP contribution is -2.36. The molecule has 1 aromatic rings. The molecule has 0 bridgehead atoms. The van der Waals surface area contributed by atoms with Crippen LogP contribution in [0.15, 0.2) is 18.2 Å². The average Bonchev–Trinajstić information content (AvgIpc) is 3.18. The smallest absolute Gasteiger partial charge is 0.304 e. The molecule has 1 atom stereocenters. The molecular formula is C13H12FN3O4. The maximum atomic E-state index is 13.5. The van der Waals surface area contributed by atoms with Gasteiger partial charge in [0.05, 0.1) is 11.3 Å². The Morgan fingerprint density at radius 1 is 1.33 bits per heavy atom. The first-order valence-corrected chi connectivity index (χ1v) is 6.54. The van der Waals surface area contributed by atoms with Crippen LogP contribution in [0, 0.1) is 15.9 Å². The lowest BCUT2D eigenvalue weighted by Gasteiger charge is -2.15. The Balaban J connectivity index is 1.75. The first-order chi connectivity index (χ1) is 9.97. The summed E-state index contributed by atoms with van der Waals surface area (Å²) in [4.78, 5) is 34.9. The van der Waals surface area contributed by atoms with Gasteiger partial charge in [-0.15, -0.1) is 0 Å². The predicted octanol–water partition coefficient (Wildman–Crippen LogP) is 1.44. The van der Waals surface area contributed by atoms with Crippen molar-refractivity contribution in [3.8, 4) is 0 Å². The minimum absolute atomic E-state index is 0.00500. The van der Waals surface area contributed by atoms with Crippen molar-refractivity contribution in [3.63, 3.8) is 0 Å². The molecule has 0 spiro atoms. The number of imide groups is 1. The van der Waals surface area contributed by atoms with Crippen molar-refractivity contribution >= 4 is 23.2 Å². The van der Waals surface area contributed by atoms with E-state index in [4.69, 9.17) is 0 Å². The summed E-state index contributed by atoms with van der Waals surface area (Å²) in [6.07, 6.45) is 1.68. The number of nitrogens with zero attached hydrogens (tertiary/aromatic N) is 2. The zero-order valence-electron chi connectivity index (χ0n) is 10.9. The Hall–Kier alpha value is -2.51. The zero-order valence-corrected chi connectivity index (χ0v) is 10.9. The third-order valence-electron chi connectivity index (χ3n) is 3.58. The number of carbonyl (C=O) groups is 2. The molecule has 1 aliphatic heterocycles. The first kappa shape index (κ1) is 13.5. The molecule has 1 saturated heterocycles. The summed E-state index contributed by atoms with van der Waals surface area (Å²) in [7, 11) is 0. The number of anilines is 1. The summed E-state index contributed by atoms with van der Waals surface area (Å²) in [6.45, 7) is 0. The van der Waals surface area contributed by atoms with Crippen molar-refractivity contribution in [1.82, 2.24) is 4.90 Å². The summed E-state index contributed by atoms with van der Waals surface area (Å²) >= 11 is 0. The van der Waals surface area contributed by atoms with Gasteiger partial charge in [-0.1, -0.05) is 0 Å². The van der Waals surface area contributed by atoms with Crippen molar-refractivity contribution in [2.24, 2.45) is 0 Å². The Kier molecular flexibility index (Phi) is 3.08. The highest BCUT2D eigenvalue weighted by Crippen LogP contribution is 2.32. The van der Waals surface area contributed by atoms with E-state index in [1.165, 1.54) is 11.0 Å². The number of hydrogen-bond donors (Lipinski definition) is 1. The molecule has 21 heavy (non-hydrogen) atoms. The van der Waals surface area contributed by atoms with E-state index in [9.17, 15) is 24.1 Å². The number of hydrogen-bond acceptors (Lipinski definition) is 5. The molecule has 2 aliphatic rings. The Morgan fingerprint density at radius 2 is 2.05 bits per heavy atom. The highest BCUT2D eigenvalue weighted by Gasteiger charge is 2.46. The van der Waals surface area contributed by atoms with Crippen LogP contribution in [0.25, 0.3) is 0 Å². The SMILES string of the molecule is O=C1CC(Nc2ccc([N+](=O)[O-])c(F)c2)C(=O)N1C1CC1. The minimum Gasteiger partial charge on any atom is -0.373 e. The summed E-state index contributed by atoms with van der Waals surface area (Å²) in [5.74, 6) is -1.54. The van der Waals surface area contributed by atoms with E-state index in [2.05, 4.69) is 5.32 Å². The number of carbonyl (C=O) groups excluding carboxylic acids is 2. The molecule has 1 saturated carbocycles. The third kappa shape index (κ3) is 2.44. The summed E-state index contributed by atoms with van der Waals surface area (Å²) < 4.78 is 13.5. The van der Waals surface area contributed by atoms with Gasteiger partial charge in [0.15, 0.2) is 0 Å². The number of nitro benzene ring substituents is 1. The summed E-state index contributed by atoms with van der Waals surface area (Å²) in [6, 6.07) is 2.57. The number of benzene rings is 1. The molecule has 2 fully saturated rings. The zero-order chi connectivity index (χ0) is 15.1. The number of nitro groups is 1. The highest BCUT2D eigenvalue weighted by molar-refractivity contribution is 6.07. The van der Waals surface area contributed by atoms with Gasteiger partial charge in [-0.05, 0) is 18.9 Å².